The molecule has 11 aromatic rings. The van der Waals surface area contributed by atoms with Gasteiger partial charge in [0.25, 0.3) is 0 Å². The molecule has 0 aliphatic carbocycles. The Morgan fingerprint density at radius 3 is 1.51 bits per heavy atom. The van der Waals surface area contributed by atoms with Gasteiger partial charge in [0.15, 0.2) is 0 Å². The van der Waals surface area contributed by atoms with Gasteiger partial charge in [0.2, 0.25) is 0 Å². The average Bonchev–Trinajstić information content (AvgIpc) is 3.88. The van der Waals surface area contributed by atoms with Gasteiger partial charge in [-0.2, -0.15) is 10.5 Å². The Labute approximate surface area is 316 Å². The molecule has 0 unspecified atom stereocenters. The van der Waals surface area contributed by atoms with Gasteiger partial charge >= 0.3 is 0 Å². The van der Waals surface area contributed by atoms with Crippen molar-refractivity contribution in [2.24, 2.45) is 0 Å². The van der Waals surface area contributed by atoms with Crippen LogP contribution in [0.2, 0.25) is 0 Å². The molecule has 0 aliphatic heterocycles. The van der Waals surface area contributed by atoms with Crippen molar-refractivity contribution < 1.29 is 0 Å². The molecule has 3 heterocycles. The summed E-state index contributed by atoms with van der Waals surface area (Å²) in [6, 6.07) is 65.9. The molecule has 0 fully saturated rings. The molecule has 8 aromatic carbocycles. The van der Waals surface area contributed by atoms with Gasteiger partial charge in [-0.25, -0.2) is 0 Å². The Kier molecular flexibility index (Phi) is 6.61. The lowest BCUT2D eigenvalue weighted by Crippen LogP contribution is -2.02. The smallest absolute Gasteiger partial charge is 0.101 e. The highest BCUT2D eigenvalue weighted by Gasteiger charge is 2.21. The maximum Gasteiger partial charge on any atom is 0.101 e. The van der Waals surface area contributed by atoms with E-state index in [1.807, 2.05) is 30.3 Å². The topological polar surface area (TPSA) is 62.4 Å². The van der Waals surface area contributed by atoms with Crippen LogP contribution in [0.4, 0.5) is 0 Å². The Morgan fingerprint density at radius 1 is 0.345 bits per heavy atom. The number of para-hydroxylation sites is 5. The van der Waals surface area contributed by atoms with E-state index in [0.717, 1.165) is 82.8 Å². The summed E-state index contributed by atoms with van der Waals surface area (Å²) in [6.45, 7) is 0. The van der Waals surface area contributed by atoms with Crippen molar-refractivity contribution in [2.75, 3.05) is 0 Å². The predicted molar refractivity (Wildman–Crippen MR) is 224 cm³/mol. The van der Waals surface area contributed by atoms with Crippen LogP contribution in [0, 0.1) is 22.7 Å². The van der Waals surface area contributed by atoms with Crippen molar-refractivity contribution in [1.29, 1.82) is 10.5 Å². The van der Waals surface area contributed by atoms with Crippen molar-refractivity contribution >= 4 is 65.4 Å². The van der Waals surface area contributed by atoms with Gasteiger partial charge in [0.05, 0.1) is 56.0 Å². The second-order valence-electron chi connectivity index (χ2n) is 14.0. The minimum absolute atomic E-state index is 0.590. The third-order valence-corrected chi connectivity index (χ3v) is 11.1. The number of hydrogen-bond donors (Lipinski definition) is 0. The Bertz CT molecular complexity index is 3420. The zero-order valence-corrected chi connectivity index (χ0v) is 29.5. The summed E-state index contributed by atoms with van der Waals surface area (Å²) in [7, 11) is 0. The van der Waals surface area contributed by atoms with Crippen LogP contribution in [0.15, 0.2) is 176 Å². The van der Waals surface area contributed by atoms with Gasteiger partial charge in [-0.15, -0.1) is 0 Å². The molecule has 0 amide bonds. The van der Waals surface area contributed by atoms with E-state index in [2.05, 4.69) is 171 Å². The molecule has 0 saturated carbocycles. The van der Waals surface area contributed by atoms with Crippen molar-refractivity contribution in [3.05, 3.63) is 187 Å². The van der Waals surface area contributed by atoms with E-state index in [4.69, 9.17) is 0 Å². The molecular formula is C50H29N5. The summed E-state index contributed by atoms with van der Waals surface area (Å²) < 4.78 is 6.85. The first kappa shape index (κ1) is 30.7. The summed E-state index contributed by atoms with van der Waals surface area (Å²) in [4.78, 5) is 0. The molecule has 11 rings (SSSR count). The van der Waals surface area contributed by atoms with Gasteiger partial charge in [0.1, 0.15) is 6.07 Å². The zero-order valence-electron chi connectivity index (χ0n) is 29.5. The van der Waals surface area contributed by atoms with Gasteiger partial charge < -0.3 is 13.7 Å². The fourth-order valence-electron chi connectivity index (χ4n) is 8.78. The summed E-state index contributed by atoms with van der Waals surface area (Å²) >= 11 is 0. The summed E-state index contributed by atoms with van der Waals surface area (Å²) in [6.07, 6.45) is 0. The molecule has 0 saturated heterocycles. The summed E-state index contributed by atoms with van der Waals surface area (Å²) in [5.74, 6) is 0. The van der Waals surface area contributed by atoms with Crippen LogP contribution in [0.1, 0.15) is 11.1 Å². The fraction of sp³-hybridized carbons (Fsp3) is 0. The van der Waals surface area contributed by atoms with E-state index in [0.29, 0.717) is 11.1 Å². The maximum atomic E-state index is 10.7. The van der Waals surface area contributed by atoms with Gasteiger partial charge in [-0.3, -0.25) is 0 Å². The van der Waals surface area contributed by atoms with Crippen molar-refractivity contribution in [2.45, 2.75) is 0 Å². The number of aromatic nitrogens is 3. The lowest BCUT2D eigenvalue weighted by Gasteiger charge is -2.17. The SMILES string of the molecule is N#Cc1ccc2c3ccccc3n(-c3cccc(-c4cccc(C#N)c4-n4c5ccccc5c5cc(-n6c7ccccc7c7ccccc76)ccc54)c3)c2c1. The molecule has 0 N–H and O–H groups in total. The first-order valence-corrected chi connectivity index (χ1v) is 18.3. The molecule has 254 valence electrons. The molecule has 5 nitrogen and oxygen atoms in total. The highest BCUT2D eigenvalue weighted by atomic mass is 15.0. The minimum atomic E-state index is 0.590. The van der Waals surface area contributed by atoms with E-state index in [-0.39, 0.29) is 0 Å². The van der Waals surface area contributed by atoms with Crippen LogP contribution < -0.4 is 0 Å². The summed E-state index contributed by atoms with van der Waals surface area (Å²) in [5.41, 5.74) is 12.5. The molecule has 0 spiro atoms. The molecular weight excluding hydrogens is 671 g/mol. The Balaban J connectivity index is 1.15. The lowest BCUT2D eigenvalue weighted by atomic mass is 9.99. The third-order valence-electron chi connectivity index (χ3n) is 11.1. The standard InChI is InChI=1S/C50H29N5/c51-30-32-23-25-42-40-16-3-7-21-46(40)54(49(42)27-32)35-13-9-11-33(28-35)37-18-10-12-34(31-52)50(37)55-47-22-8-4-17-41(47)43-29-36(24-26-48(43)55)53-44-19-5-1-14-38(44)39-15-2-6-20-45(39)53/h1-29H. The van der Waals surface area contributed by atoms with Crippen molar-refractivity contribution in [3.8, 4) is 40.3 Å². The van der Waals surface area contributed by atoms with Crippen molar-refractivity contribution in [1.82, 2.24) is 13.7 Å². The minimum Gasteiger partial charge on any atom is -0.309 e. The van der Waals surface area contributed by atoms with Crippen LogP contribution in [-0.2, 0) is 0 Å². The Morgan fingerprint density at radius 2 is 0.873 bits per heavy atom. The molecule has 55 heavy (non-hydrogen) atoms. The fourth-order valence-corrected chi connectivity index (χ4v) is 8.78. The average molecular weight is 700 g/mol. The molecule has 0 aliphatic rings. The van der Waals surface area contributed by atoms with Gasteiger partial charge in [-0.05, 0) is 78.4 Å². The number of fused-ring (bicyclic) bond motifs is 9. The van der Waals surface area contributed by atoms with E-state index < -0.39 is 0 Å². The normalized spacial score (nSPS) is 11.6. The Hall–Kier alpha value is -7.86. The predicted octanol–water partition coefficient (Wildman–Crippen LogP) is 12.4. The highest BCUT2D eigenvalue weighted by Crippen LogP contribution is 2.41. The first-order chi connectivity index (χ1) is 27.2. The van der Waals surface area contributed by atoms with Crippen LogP contribution >= 0.6 is 0 Å². The zero-order chi connectivity index (χ0) is 36.6. The molecule has 0 bridgehead atoms. The monoisotopic (exact) mass is 699 g/mol. The number of nitrogens with zero attached hydrogens (tertiary/aromatic N) is 5. The van der Waals surface area contributed by atoms with Crippen LogP contribution in [0.3, 0.4) is 0 Å². The van der Waals surface area contributed by atoms with Crippen LogP contribution in [-0.4, -0.2) is 13.7 Å². The molecule has 0 radical (unpaired) electrons. The molecule has 3 aromatic heterocycles. The summed E-state index contributed by atoms with van der Waals surface area (Å²) in [5, 5.41) is 27.4. The van der Waals surface area contributed by atoms with E-state index >= 15 is 0 Å². The number of benzene rings is 8. The third kappa shape index (κ3) is 4.45. The van der Waals surface area contributed by atoms with E-state index in [1.165, 1.54) is 10.8 Å². The number of rotatable bonds is 4. The van der Waals surface area contributed by atoms with Crippen molar-refractivity contribution in [3.63, 3.8) is 0 Å². The number of nitriles is 2. The largest absolute Gasteiger partial charge is 0.309 e. The first-order valence-electron chi connectivity index (χ1n) is 18.3. The second kappa shape index (κ2) is 11.8. The van der Waals surface area contributed by atoms with Crippen LogP contribution in [0.5, 0.6) is 0 Å². The van der Waals surface area contributed by atoms with Gasteiger partial charge in [-0.1, -0.05) is 103 Å². The van der Waals surface area contributed by atoms with Gasteiger partial charge in [0, 0.05) is 49.3 Å². The van der Waals surface area contributed by atoms with E-state index in [9.17, 15) is 10.5 Å². The highest BCUT2D eigenvalue weighted by molar-refractivity contribution is 6.13. The molecule has 0 atom stereocenters. The molecule has 5 heteroatoms. The quantitative estimate of drug-likeness (QED) is 0.184. The number of hydrogen-bond acceptors (Lipinski definition) is 2. The maximum absolute atomic E-state index is 10.7. The lowest BCUT2D eigenvalue weighted by molar-refractivity contribution is 1.15. The second-order valence-corrected chi connectivity index (χ2v) is 14.0. The van der Waals surface area contributed by atoms with Crippen LogP contribution in [0.25, 0.3) is 93.6 Å². The van der Waals surface area contributed by atoms with E-state index in [1.54, 1.807) is 0 Å².